The summed E-state index contributed by atoms with van der Waals surface area (Å²) in [4.78, 5) is 24.9. The summed E-state index contributed by atoms with van der Waals surface area (Å²) in [6.07, 6.45) is 0.986. The Hall–Kier alpha value is -0.870. The molecular formula is C11H17ClN2O2. The molecule has 0 radical (unpaired) electrons. The lowest BCUT2D eigenvalue weighted by Gasteiger charge is -2.21. The Labute approximate surface area is 101 Å². The Balaban J connectivity index is 2.63. The maximum atomic E-state index is 11.9. The number of nitrogens with zero attached hydrogens (tertiary/aromatic N) is 1. The number of hydrogen-bond donors (Lipinski definition) is 1. The molecule has 16 heavy (non-hydrogen) atoms. The van der Waals surface area contributed by atoms with Crippen LogP contribution < -0.4 is 5.32 Å². The van der Waals surface area contributed by atoms with E-state index in [1.807, 2.05) is 13.8 Å². The van der Waals surface area contributed by atoms with Crippen LogP contribution in [0.4, 0.5) is 0 Å². The zero-order valence-corrected chi connectivity index (χ0v) is 10.4. The molecule has 4 nitrogen and oxygen atoms in total. The number of likely N-dealkylation sites (tertiary alicyclic amines) is 1. The van der Waals surface area contributed by atoms with E-state index in [4.69, 9.17) is 11.6 Å². The SMILES string of the molecule is C=C(Cl)CNC1CC(=O)N(C(C)CC)C1=O. The summed E-state index contributed by atoms with van der Waals surface area (Å²) in [6.45, 7) is 7.70. The standard InChI is InChI=1S/C11H17ClN2O2/c1-4-8(3)14-10(15)5-9(11(14)16)13-6-7(2)12/h8-9,13H,2,4-6H2,1,3H3. The number of carbonyl (C=O) groups excluding carboxylic acids is 2. The molecule has 0 aromatic rings. The Morgan fingerprint density at radius 2 is 2.31 bits per heavy atom. The first-order chi connectivity index (χ1) is 7.47. The van der Waals surface area contributed by atoms with Gasteiger partial charge < -0.3 is 5.32 Å². The summed E-state index contributed by atoms with van der Waals surface area (Å²) < 4.78 is 0. The van der Waals surface area contributed by atoms with Crippen LogP contribution in [0, 0.1) is 0 Å². The Morgan fingerprint density at radius 3 is 2.81 bits per heavy atom. The molecule has 0 spiro atoms. The van der Waals surface area contributed by atoms with Crippen molar-refractivity contribution >= 4 is 23.4 Å². The molecule has 1 heterocycles. The highest BCUT2D eigenvalue weighted by atomic mass is 35.5. The van der Waals surface area contributed by atoms with Crippen LogP contribution in [-0.4, -0.2) is 35.3 Å². The van der Waals surface area contributed by atoms with Gasteiger partial charge in [-0.25, -0.2) is 0 Å². The zero-order chi connectivity index (χ0) is 12.3. The highest BCUT2D eigenvalue weighted by molar-refractivity contribution is 6.29. The van der Waals surface area contributed by atoms with Crippen molar-refractivity contribution in [3.8, 4) is 0 Å². The number of halogens is 1. The van der Waals surface area contributed by atoms with Crippen molar-refractivity contribution in [1.82, 2.24) is 10.2 Å². The van der Waals surface area contributed by atoms with Crippen molar-refractivity contribution in [2.45, 2.75) is 38.8 Å². The minimum atomic E-state index is -0.447. The molecule has 90 valence electrons. The van der Waals surface area contributed by atoms with E-state index in [2.05, 4.69) is 11.9 Å². The Bertz CT molecular complexity index is 317. The molecule has 1 saturated heterocycles. The first kappa shape index (κ1) is 13.2. The van der Waals surface area contributed by atoms with Crippen LogP contribution in [0.15, 0.2) is 11.6 Å². The first-order valence-electron chi connectivity index (χ1n) is 5.40. The number of amides is 2. The second-order valence-corrected chi connectivity index (χ2v) is 4.55. The van der Waals surface area contributed by atoms with Gasteiger partial charge >= 0.3 is 0 Å². The van der Waals surface area contributed by atoms with Gasteiger partial charge in [0.25, 0.3) is 0 Å². The average Bonchev–Trinajstić information content (AvgIpc) is 2.50. The van der Waals surface area contributed by atoms with Crippen molar-refractivity contribution in [3.63, 3.8) is 0 Å². The van der Waals surface area contributed by atoms with Crippen molar-refractivity contribution in [2.75, 3.05) is 6.54 Å². The van der Waals surface area contributed by atoms with Gasteiger partial charge in [-0.15, -0.1) is 0 Å². The van der Waals surface area contributed by atoms with Gasteiger partial charge in [0.2, 0.25) is 11.8 Å². The molecule has 1 fully saturated rings. The van der Waals surface area contributed by atoms with E-state index in [0.717, 1.165) is 6.42 Å². The fourth-order valence-corrected chi connectivity index (χ4v) is 1.77. The molecule has 1 rings (SSSR count). The van der Waals surface area contributed by atoms with Crippen LogP contribution in [0.25, 0.3) is 0 Å². The predicted molar refractivity (Wildman–Crippen MR) is 63.0 cm³/mol. The minimum Gasteiger partial charge on any atom is -0.300 e. The van der Waals surface area contributed by atoms with Gasteiger partial charge in [-0.3, -0.25) is 14.5 Å². The molecule has 2 amide bonds. The van der Waals surface area contributed by atoms with Gasteiger partial charge in [0.1, 0.15) is 0 Å². The number of rotatable bonds is 5. The van der Waals surface area contributed by atoms with Crippen LogP contribution >= 0.6 is 11.6 Å². The van der Waals surface area contributed by atoms with Crippen LogP contribution in [-0.2, 0) is 9.59 Å². The predicted octanol–water partition coefficient (Wildman–Crippen LogP) is 1.25. The summed E-state index contributed by atoms with van der Waals surface area (Å²) in [6, 6.07) is -0.483. The number of carbonyl (C=O) groups is 2. The average molecular weight is 245 g/mol. The fourth-order valence-electron chi connectivity index (χ4n) is 1.69. The third kappa shape index (κ3) is 2.83. The molecule has 1 aliphatic rings. The van der Waals surface area contributed by atoms with Gasteiger partial charge in [-0.1, -0.05) is 25.1 Å². The third-order valence-corrected chi connectivity index (χ3v) is 2.89. The second-order valence-electron chi connectivity index (χ2n) is 4.01. The smallest absolute Gasteiger partial charge is 0.247 e. The highest BCUT2D eigenvalue weighted by Gasteiger charge is 2.40. The van der Waals surface area contributed by atoms with E-state index < -0.39 is 6.04 Å². The van der Waals surface area contributed by atoms with Gasteiger partial charge in [0.15, 0.2) is 0 Å². The van der Waals surface area contributed by atoms with E-state index >= 15 is 0 Å². The van der Waals surface area contributed by atoms with E-state index in [1.54, 1.807) is 0 Å². The van der Waals surface area contributed by atoms with Crippen molar-refractivity contribution in [2.24, 2.45) is 0 Å². The number of hydrogen-bond acceptors (Lipinski definition) is 3. The molecule has 0 saturated carbocycles. The lowest BCUT2D eigenvalue weighted by Crippen LogP contribution is -2.42. The summed E-state index contributed by atoms with van der Waals surface area (Å²) >= 11 is 5.60. The van der Waals surface area contributed by atoms with E-state index in [-0.39, 0.29) is 24.3 Å². The quantitative estimate of drug-likeness (QED) is 0.741. The van der Waals surface area contributed by atoms with Crippen molar-refractivity contribution < 1.29 is 9.59 Å². The zero-order valence-electron chi connectivity index (χ0n) is 9.62. The number of nitrogens with one attached hydrogen (secondary N) is 1. The van der Waals surface area contributed by atoms with E-state index in [0.29, 0.717) is 11.6 Å². The Morgan fingerprint density at radius 1 is 1.69 bits per heavy atom. The van der Waals surface area contributed by atoms with Gasteiger partial charge in [0.05, 0.1) is 12.5 Å². The van der Waals surface area contributed by atoms with Gasteiger partial charge in [-0.2, -0.15) is 0 Å². The fraction of sp³-hybridized carbons (Fsp3) is 0.636. The largest absolute Gasteiger partial charge is 0.300 e. The lowest BCUT2D eigenvalue weighted by atomic mass is 10.2. The molecule has 0 aromatic heterocycles. The van der Waals surface area contributed by atoms with Gasteiger partial charge in [0, 0.05) is 17.6 Å². The first-order valence-corrected chi connectivity index (χ1v) is 5.77. The molecule has 5 heteroatoms. The molecule has 0 aliphatic carbocycles. The minimum absolute atomic E-state index is 0.0361. The molecule has 1 aliphatic heterocycles. The highest BCUT2D eigenvalue weighted by Crippen LogP contribution is 2.18. The van der Waals surface area contributed by atoms with Crippen LogP contribution in [0.5, 0.6) is 0 Å². The second kappa shape index (κ2) is 5.46. The molecule has 0 bridgehead atoms. The molecular weight excluding hydrogens is 228 g/mol. The molecule has 0 aromatic carbocycles. The topological polar surface area (TPSA) is 49.4 Å². The summed E-state index contributed by atoms with van der Waals surface area (Å²) in [5, 5.41) is 3.36. The van der Waals surface area contributed by atoms with E-state index in [1.165, 1.54) is 4.90 Å². The monoisotopic (exact) mass is 244 g/mol. The van der Waals surface area contributed by atoms with Crippen LogP contribution in [0.1, 0.15) is 26.7 Å². The van der Waals surface area contributed by atoms with Crippen molar-refractivity contribution in [3.05, 3.63) is 11.6 Å². The lowest BCUT2D eigenvalue weighted by molar-refractivity contribution is -0.141. The molecule has 2 unspecified atom stereocenters. The Kier molecular flexibility index (Phi) is 4.50. The molecule has 1 N–H and O–H groups in total. The van der Waals surface area contributed by atoms with Crippen LogP contribution in [0.2, 0.25) is 0 Å². The van der Waals surface area contributed by atoms with Crippen LogP contribution in [0.3, 0.4) is 0 Å². The summed E-state index contributed by atoms with van der Waals surface area (Å²) in [7, 11) is 0. The van der Waals surface area contributed by atoms with Crippen molar-refractivity contribution in [1.29, 1.82) is 0 Å². The molecule has 2 atom stereocenters. The van der Waals surface area contributed by atoms with Gasteiger partial charge in [-0.05, 0) is 13.3 Å². The summed E-state index contributed by atoms with van der Waals surface area (Å²) in [5.74, 6) is -0.269. The maximum absolute atomic E-state index is 11.9. The normalized spacial score (nSPS) is 22.7. The number of imide groups is 1. The van der Waals surface area contributed by atoms with E-state index in [9.17, 15) is 9.59 Å². The maximum Gasteiger partial charge on any atom is 0.247 e. The summed E-state index contributed by atoms with van der Waals surface area (Å²) in [5.41, 5.74) is 0. The third-order valence-electron chi connectivity index (χ3n) is 2.75.